The van der Waals surface area contributed by atoms with Crippen LogP contribution >= 0.6 is 0 Å². The van der Waals surface area contributed by atoms with Gasteiger partial charge in [-0.2, -0.15) is 26.3 Å². The first-order valence-electron chi connectivity index (χ1n) is 8.20. The Morgan fingerprint density at radius 1 is 1.04 bits per heavy atom. The van der Waals surface area contributed by atoms with Gasteiger partial charge in [-0.25, -0.2) is 0 Å². The number of benzene rings is 1. The summed E-state index contributed by atoms with van der Waals surface area (Å²) in [5.41, 5.74) is 0.979. The summed E-state index contributed by atoms with van der Waals surface area (Å²) in [5, 5.41) is 2.08. The molecule has 0 spiro atoms. The molecule has 0 unspecified atom stereocenters. The zero-order chi connectivity index (χ0) is 21.3. The molecule has 0 aliphatic heterocycles. The maximum atomic E-state index is 12.9. The van der Waals surface area contributed by atoms with Crippen LogP contribution in [-0.2, 0) is 21.9 Å². The Labute approximate surface area is 155 Å². The van der Waals surface area contributed by atoms with Gasteiger partial charge in [-0.05, 0) is 37.0 Å². The fraction of sp³-hybridized carbons (Fsp3) is 0.471. The van der Waals surface area contributed by atoms with Crippen LogP contribution in [0.2, 0.25) is 0 Å². The van der Waals surface area contributed by atoms with Gasteiger partial charge >= 0.3 is 12.4 Å². The van der Waals surface area contributed by atoms with Gasteiger partial charge in [-0.3, -0.25) is 14.4 Å². The smallest absolute Gasteiger partial charge is 0.368 e. The van der Waals surface area contributed by atoms with Crippen LogP contribution in [0.15, 0.2) is 18.2 Å². The molecule has 0 saturated heterocycles. The standard InChI is InChI=1S/C17H16F6N2O3/c18-16(19,20)10-4-9(5-11(7-10)17(21,22)23)15(28)25-13(14(24)27)8-2-1-3-12(26)6-8/h4-5,7-8,13H,1-3,6H2,(H2,24,27)(H,25,28)/t8-,13+/m1/s1. The van der Waals surface area contributed by atoms with Crippen LogP contribution in [0.3, 0.4) is 0 Å². The Morgan fingerprint density at radius 2 is 1.57 bits per heavy atom. The predicted molar refractivity (Wildman–Crippen MR) is 83.9 cm³/mol. The largest absolute Gasteiger partial charge is 0.416 e. The number of rotatable bonds is 4. The lowest BCUT2D eigenvalue weighted by Crippen LogP contribution is -2.50. The van der Waals surface area contributed by atoms with Crippen LogP contribution in [0.1, 0.15) is 47.2 Å². The molecule has 5 nitrogen and oxygen atoms in total. The second kappa shape index (κ2) is 7.80. The molecule has 1 fully saturated rings. The maximum absolute atomic E-state index is 12.9. The summed E-state index contributed by atoms with van der Waals surface area (Å²) in [4.78, 5) is 35.5. The van der Waals surface area contributed by atoms with Gasteiger partial charge < -0.3 is 11.1 Å². The van der Waals surface area contributed by atoms with Gasteiger partial charge in [0.05, 0.1) is 11.1 Å². The number of hydrogen-bond donors (Lipinski definition) is 2. The van der Waals surface area contributed by atoms with Crippen molar-refractivity contribution >= 4 is 17.6 Å². The fourth-order valence-corrected chi connectivity index (χ4v) is 3.07. The van der Waals surface area contributed by atoms with Gasteiger partial charge in [-0.15, -0.1) is 0 Å². The van der Waals surface area contributed by atoms with Crippen molar-refractivity contribution in [2.75, 3.05) is 0 Å². The first-order chi connectivity index (χ1) is 12.8. The summed E-state index contributed by atoms with van der Waals surface area (Å²) in [6.45, 7) is 0. The summed E-state index contributed by atoms with van der Waals surface area (Å²) >= 11 is 0. The van der Waals surface area contributed by atoms with Gasteiger partial charge in [0, 0.05) is 18.4 Å². The molecule has 0 heterocycles. The second-order valence-electron chi connectivity index (χ2n) is 6.54. The minimum atomic E-state index is -5.12. The predicted octanol–water partition coefficient (Wildman–Crippen LogP) is 3.07. The van der Waals surface area contributed by atoms with Crippen LogP contribution in [-0.4, -0.2) is 23.6 Å². The Kier molecular flexibility index (Phi) is 6.05. The third kappa shape index (κ3) is 5.23. The maximum Gasteiger partial charge on any atom is 0.416 e. The average Bonchev–Trinajstić information content (AvgIpc) is 2.57. The molecule has 1 aliphatic rings. The molecule has 11 heteroatoms. The molecule has 2 atom stereocenters. The molecule has 1 aromatic rings. The molecule has 2 amide bonds. The number of Topliss-reactive ketones (excluding diaryl/α,β-unsaturated/α-hetero) is 1. The van der Waals surface area contributed by atoms with Crippen LogP contribution in [0.25, 0.3) is 0 Å². The number of primary amides is 1. The third-order valence-electron chi connectivity index (χ3n) is 4.43. The summed E-state index contributed by atoms with van der Waals surface area (Å²) < 4.78 is 77.5. The zero-order valence-corrected chi connectivity index (χ0v) is 14.3. The topological polar surface area (TPSA) is 89.3 Å². The zero-order valence-electron chi connectivity index (χ0n) is 14.3. The van der Waals surface area contributed by atoms with E-state index in [2.05, 4.69) is 5.32 Å². The number of alkyl halides is 6. The Bertz CT molecular complexity index is 756. The van der Waals surface area contributed by atoms with E-state index in [0.29, 0.717) is 19.3 Å². The van der Waals surface area contributed by atoms with Crippen molar-refractivity contribution in [2.24, 2.45) is 11.7 Å². The molecule has 3 N–H and O–H groups in total. The molecule has 0 radical (unpaired) electrons. The number of ketones is 1. The molecular formula is C17H16F6N2O3. The van der Waals surface area contributed by atoms with Crippen molar-refractivity contribution in [2.45, 2.75) is 44.1 Å². The summed E-state index contributed by atoms with van der Waals surface area (Å²) in [6.07, 6.45) is -9.21. The lowest BCUT2D eigenvalue weighted by atomic mass is 9.82. The van der Waals surface area contributed by atoms with E-state index in [-0.39, 0.29) is 30.4 Å². The van der Waals surface area contributed by atoms with E-state index in [1.54, 1.807) is 0 Å². The highest BCUT2D eigenvalue weighted by Crippen LogP contribution is 2.36. The molecule has 154 valence electrons. The van der Waals surface area contributed by atoms with Crippen molar-refractivity contribution in [1.82, 2.24) is 5.32 Å². The molecule has 1 aliphatic carbocycles. The Hall–Kier alpha value is -2.59. The van der Waals surface area contributed by atoms with E-state index in [9.17, 15) is 40.7 Å². The number of carbonyl (C=O) groups excluding carboxylic acids is 3. The quantitative estimate of drug-likeness (QED) is 0.748. The summed E-state index contributed by atoms with van der Waals surface area (Å²) in [5.74, 6) is -3.19. The second-order valence-corrected chi connectivity index (χ2v) is 6.54. The lowest BCUT2D eigenvalue weighted by Gasteiger charge is -2.28. The van der Waals surface area contributed by atoms with Crippen molar-refractivity contribution in [1.29, 1.82) is 0 Å². The minimum absolute atomic E-state index is 0.0652. The van der Waals surface area contributed by atoms with E-state index in [4.69, 9.17) is 5.73 Å². The van der Waals surface area contributed by atoms with Crippen LogP contribution in [0.5, 0.6) is 0 Å². The molecule has 1 saturated carbocycles. The average molecular weight is 410 g/mol. The molecule has 1 aromatic carbocycles. The van der Waals surface area contributed by atoms with E-state index >= 15 is 0 Å². The molecule has 28 heavy (non-hydrogen) atoms. The number of halogens is 6. The number of nitrogens with one attached hydrogen (secondary N) is 1. The Morgan fingerprint density at radius 3 is 2.00 bits per heavy atom. The highest BCUT2D eigenvalue weighted by Gasteiger charge is 2.38. The van der Waals surface area contributed by atoms with Crippen LogP contribution in [0, 0.1) is 5.92 Å². The van der Waals surface area contributed by atoms with E-state index in [1.165, 1.54) is 0 Å². The normalized spacial score (nSPS) is 19.2. The van der Waals surface area contributed by atoms with Gasteiger partial charge in [0.25, 0.3) is 5.91 Å². The van der Waals surface area contributed by atoms with E-state index in [1.807, 2.05) is 0 Å². The number of nitrogens with two attached hydrogens (primary N) is 1. The number of amides is 2. The van der Waals surface area contributed by atoms with Crippen molar-refractivity contribution < 1.29 is 40.7 Å². The SMILES string of the molecule is NC(=O)[C@@H](NC(=O)c1cc(C(F)(F)F)cc(C(F)(F)F)c1)[C@@H]1CCCC(=O)C1. The molecule has 2 rings (SSSR count). The number of carbonyl (C=O) groups is 3. The first-order valence-corrected chi connectivity index (χ1v) is 8.20. The van der Waals surface area contributed by atoms with Gasteiger partial charge in [0.2, 0.25) is 5.91 Å². The van der Waals surface area contributed by atoms with Gasteiger partial charge in [-0.1, -0.05) is 0 Å². The Balaban J connectivity index is 2.35. The fourth-order valence-electron chi connectivity index (χ4n) is 3.07. The van der Waals surface area contributed by atoms with Crippen LogP contribution < -0.4 is 11.1 Å². The molecule has 0 bridgehead atoms. The number of hydrogen-bond acceptors (Lipinski definition) is 3. The van der Waals surface area contributed by atoms with Gasteiger partial charge in [0.15, 0.2) is 0 Å². The van der Waals surface area contributed by atoms with E-state index < -0.39 is 52.8 Å². The first kappa shape index (κ1) is 21.7. The summed E-state index contributed by atoms with van der Waals surface area (Å²) in [7, 11) is 0. The highest BCUT2D eigenvalue weighted by molar-refractivity contribution is 5.98. The van der Waals surface area contributed by atoms with Crippen molar-refractivity contribution in [3.8, 4) is 0 Å². The molecule has 0 aromatic heterocycles. The monoisotopic (exact) mass is 410 g/mol. The van der Waals surface area contributed by atoms with Crippen LogP contribution in [0.4, 0.5) is 26.3 Å². The third-order valence-corrected chi connectivity index (χ3v) is 4.43. The van der Waals surface area contributed by atoms with Gasteiger partial charge in [0.1, 0.15) is 11.8 Å². The molecular weight excluding hydrogens is 394 g/mol. The highest BCUT2D eigenvalue weighted by atomic mass is 19.4. The minimum Gasteiger partial charge on any atom is -0.368 e. The van der Waals surface area contributed by atoms with Crippen molar-refractivity contribution in [3.63, 3.8) is 0 Å². The summed E-state index contributed by atoms with van der Waals surface area (Å²) in [6, 6.07) is -0.980. The lowest BCUT2D eigenvalue weighted by molar-refractivity contribution is -0.143. The van der Waals surface area contributed by atoms with E-state index in [0.717, 1.165) is 0 Å². The van der Waals surface area contributed by atoms with Crippen molar-refractivity contribution in [3.05, 3.63) is 34.9 Å².